The van der Waals surface area contributed by atoms with E-state index in [-0.39, 0.29) is 35.5 Å². The van der Waals surface area contributed by atoms with Crippen LogP contribution in [-0.4, -0.2) is 62.9 Å². The first-order valence-corrected chi connectivity index (χ1v) is 23.9. The van der Waals surface area contributed by atoms with E-state index in [2.05, 4.69) is 183 Å². The molecule has 0 atom stereocenters. The van der Waals surface area contributed by atoms with E-state index in [1.807, 2.05) is 12.1 Å². The second-order valence-corrected chi connectivity index (χ2v) is 24.9. The Hall–Kier alpha value is -1.89. The van der Waals surface area contributed by atoms with E-state index >= 15 is 0 Å². The third-order valence-corrected chi connectivity index (χ3v) is 20.4. The molecule has 0 saturated carbocycles. The Labute approximate surface area is 321 Å². The summed E-state index contributed by atoms with van der Waals surface area (Å²) in [6.45, 7) is 13.8. The molecule has 0 bridgehead atoms. The minimum absolute atomic E-state index is 0.0343. The van der Waals surface area contributed by atoms with E-state index in [0.717, 1.165) is 23.5 Å². The van der Waals surface area contributed by atoms with Crippen LogP contribution in [0.1, 0.15) is 67.2 Å². The number of rotatable bonds is 16. The van der Waals surface area contributed by atoms with E-state index in [1.54, 1.807) is 0 Å². The zero-order valence-electron chi connectivity index (χ0n) is 30.8. The third kappa shape index (κ3) is 10.6. The fraction of sp³-hybridized carbons (Fsp3) is 0.429. The van der Waals surface area contributed by atoms with Crippen molar-refractivity contribution in [2.75, 3.05) is 23.9 Å². The number of hydrogen-bond acceptors (Lipinski definition) is 4. The lowest BCUT2D eigenvalue weighted by molar-refractivity contribution is 0.114. The van der Waals surface area contributed by atoms with Gasteiger partial charge in [0.25, 0.3) is 16.6 Å². The minimum Gasteiger partial charge on any atom is -0.404 e. The maximum Gasteiger partial charge on any atom is 0.261 e. The average Bonchev–Trinajstić information content (AvgIpc) is 3.10. The van der Waals surface area contributed by atoms with Gasteiger partial charge in [0.05, 0.1) is 6.10 Å². The molecule has 0 saturated heterocycles. The van der Waals surface area contributed by atoms with Crippen LogP contribution >= 0.6 is 31.9 Å². The lowest BCUT2D eigenvalue weighted by Crippen LogP contribution is -2.67. The molecule has 2 N–H and O–H groups in total. The molecule has 0 aliphatic heterocycles. The molecule has 0 amide bonds. The number of aliphatic hydroxyl groups excluding tert-OH is 2. The summed E-state index contributed by atoms with van der Waals surface area (Å²) < 4.78 is 14.0. The molecule has 4 aromatic carbocycles. The predicted molar refractivity (Wildman–Crippen MR) is 225 cm³/mol. The van der Waals surface area contributed by atoms with Crippen LogP contribution in [0.15, 0.2) is 121 Å². The SMILES string of the molecule is CC(C)(C)[Si](OC(CCBr)CCBr)(c1ccccc1)c1ccccc1.CC(C)(C)[Si](OC(CCO)CCO)(c1ccccc1)c1ccccc1. The molecule has 4 aromatic rings. The highest BCUT2D eigenvalue weighted by atomic mass is 79.9. The van der Waals surface area contributed by atoms with Crippen LogP contribution in [0.2, 0.25) is 10.1 Å². The van der Waals surface area contributed by atoms with Crippen LogP contribution in [0.25, 0.3) is 0 Å². The predicted octanol–water partition coefficient (Wildman–Crippen LogP) is 8.20. The first-order valence-electron chi connectivity index (χ1n) is 17.8. The van der Waals surface area contributed by atoms with Gasteiger partial charge in [-0.3, -0.25) is 0 Å². The van der Waals surface area contributed by atoms with Crippen molar-refractivity contribution in [2.24, 2.45) is 0 Å². The Bertz CT molecular complexity index is 1270. The molecule has 0 aliphatic carbocycles. The topological polar surface area (TPSA) is 58.9 Å². The summed E-state index contributed by atoms with van der Waals surface area (Å²) in [6, 6.07) is 42.6. The van der Waals surface area contributed by atoms with Crippen LogP contribution in [0.5, 0.6) is 0 Å². The van der Waals surface area contributed by atoms with Gasteiger partial charge in [-0.15, -0.1) is 0 Å². The highest BCUT2D eigenvalue weighted by Crippen LogP contribution is 2.39. The zero-order valence-corrected chi connectivity index (χ0v) is 36.0. The normalized spacial score (nSPS) is 12.6. The lowest BCUT2D eigenvalue weighted by atomic mass is 10.2. The first-order chi connectivity index (χ1) is 23.9. The van der Waals surface area contributed by atoms with Crippen LogP contribution < -0.4 is 20.7 Å². The van der Waals surface area contributed by atoms with Gasteiger partial charge in [-0.1, -0.05) is 195 Å². The molecule has 0 spiro atoms. The molecule has 272 valence electrons. The van der Waals surface area contributed by atoms with Gasteiger partial charge in [0.1, 0.15) is 0 Å². The van der Waals surface area contributed by atoms with Gasteiger partial charge in [-0.2, -0.15) is 0 Å². The summed E-state index contributed by atoms with van der Waals surface area (Å²) in [7, 11) is -5.04. The summed E-state index contributed by atoms with van der Waals surface area (Å²) in [5.74, 6) is 0. The molecule has 4 rings (SSSR count). The van der Waals surface area contributed by atoms with E-state index in [0.29, 0.717) is 12.8 Å². The van der Waals surface area contributed by atoms with Crippen LogP contribution in [0, 0.1) is 0 Å². The molecule has 0 aliphatic rings. The van der Waals surface area contributed by atoms with E-state index in [1.165, 1.54) is 20.7 Å². The third-order valence-electron chi connectivity index (χ3n) is 9.28. The molecule has 0 heterocycles. The largest absolute Gasteiger partial charge is 0.404 e. The Morgan fingerprint density at radius 2 is 0.700 bits per heavy atom. The standard InChI is InChI=1S/C21H28Br2OSi.C21H30O3Si/c2*1-21(2,3)25(19-10-6-4-7-11-19,20-12-8-5-9-13-20)24-18(14-16-22)15-17-23/h4-13,18H,14-17H2,1-3H3;4-13,18,22-23H,14-17H2,1-3H3. The molecule has 8 heteroatoms. The molecule has 50 heavy (non-hydrogen) atoms. The van der Waals surface area contributed by atoms with Gasteiger partial charge in [0.15, 0.2) is 0 Å². The molecule has 0 fully saturated rings. The van der Waals surface area contributed by atoms with E-state index in [4.69, 9.17) is 8.85 Å². The van der Waals surface area contributed by atoms with Gasteiger partial charge in [0, 0.05) is 30.0 Å². The highest BCUT2D eigenvalue weighted by molar-refractivity contribution is 9.09. The zero-order chi connectivity index (χ0) is 36.7. The first kappa shape index (κ1) is 42.5. The number of hydrogen-bond donors (Lipinski definition) is 2. The van der Waals surface area contributed by atoms with Crippen molar-refractivity contribution in [2.45, 2.75) is 89.5 Å². The number of alkyl halides is 2. The van der Waals surface area contributed by atoms with Crippen molar-refractivity contribution in [1.29, 1.82) is 0 Å². The highest BCUT2D eigenvalue weighted by Gasteiger charge is 2.52. The van der Waals surface area contributed by atoms with Crippen LogP contribution in [-0.2, 0) is 8.85 Å². The molecule has 0 aromatic heterocycles. The molecular weight excluding hydrogens is 784 g/mol. The van der Waals surface area contributed by atoms with Crippen molar-refractivity contribution >= 4 is 69.2 Å². The van der Waals surface area contributed by atoms with Crippen LogP contribution in [0.3, 0.4) is 0 Å². The summed E-state index contributed by atoms with van der Waals surface area (Å²) in [5.41, 5.74) is 0. The van der Waals surface area contributed by atoms with Gasteiger partial charge in [-0.25, -0.2) is 0 Å². The Balaban J connectivity index is 0.000000270. The van der Waals surface area contributed by atoms with Crippen LogP contribution in [0.4, 0.5) is 0 Å². The fourth-order valence-corrected chi connectivity index (χ4v) is 17.5. The second kappa shape index (κ2) is 20.4. The van der Waals surface area contributed by atoms with Crippen molar-refractivity contribution in [1.82, 2.24) is 0 Å². The van der Waals surface area contributed by atoms with Gasteiger partial charge in [-0.05, 0) is 56.5 Å². The Kier molecular flexibility index (Phi) is 17.3. The number of aliphatic hydroxyl groups is 2. The molecule has 0 unspecified atom stereocenters. The quantitative estimate of drug-likeness (QED) is 0.0883. The van der Waals surface area contributed by atoms with Crippen molar-refractivity contribution in [3.05, 3.63) is 121 Å². The maximum atomic E-state index is 9.46. The maximum absolute atomic E-state index is 9.46. The van der Waals surface area contributed by atoms with Gasteiger partial charge in [0.2, 0.25) is 0 Å². The summed E-state index contributed by atoms with van der Waals surface area (Å²) in [6.07, 6.45) is 3.19. The van der Waals surface area contributed by atoms with Gasteiger partial charge < -0.3 is 19.1 Å². The summed E-state index contributed by atoms with van der Waals surface area (Å²) >= 11 is 7.22. The monoisotopic (exact) mass is 840 g/mol. The fourth-order valence-electron chi connectivity index (χ4n) is 6.94. The van der Waals surface area contributed by atoms with Crippen molar-refractivity contribution in [3.8, 4) is 0 Å². The van der Waals surface area contributed by atoms with Crippen molar-refractivity contribution in [3.63, 3.8) is 0 Å². The smallest absolute Gasteiger partial charge is 0.261 e. The van der Waals surface area contributed by atoms with E-state index in [9.17, 15) is 10.2 Å². The summed E-state index contributed by atoms with van der Waals surface area (Å²) in [5, 5.41) is 25.9. The lowest BCUT2D eigenvalue weighted by Gasteiger charge is -2.45. The number of benzene rings is 4. The Morgan fingerprint density at radius 1 is 0.460 bits per heavy atom. The average molecular weight is 843 g/mol. The minimum atomic E-state index is -2.61. The molecular formula is C42H58Br2O4Si2. The summed E-state index contributed by atoms with van der Waals surface area (Å²) in [4.78, 5) is 0. The van der Waals surface area contributed by atoms with Gasteiger partial charge >= 0.3 is 0 Å². The molecule has 0 radical (unpaired) electrons. The molecule has 4 nitrogen and oxygen atoms in total. The second-order valence-electron chi connectivity index (χ2n) is 14.8. The van der Waals surface area contributed by atoms with Crippen molar-refractivity contribution < 1.29 is 19.1 Å². The Morgan fingerprint density at radius 3 is 0.900 bits per heavy atom. The van der Waals surface area contributed by atoms with E-state index < -0.39 is 16.6 Å². The number of halogens is 2.